The zero-order chi connectivity index (χ0) is 31.6. The Balaban J connectivity index is 1.56. The van der Waals surface area contributed by atoms with Crippen molar-refractivity contribution in [2.24, 2.45) is 5.41 Å². The van der Waals surface area contributed by atoms with Crippen molar-refractivity contribution in [3.8, 4) is 11.1 Å². The SMILES string of the molecule is Cc1cccc(-c2ccc(CCCC(CC(=O)O)OC(C)C(=O)N[C@H](C(=O)N[C@H](C)c3ccccc3)C(C)(C)C)cc2)c1. The first-order valence-corrected chi connectivity index (χ1v) is 15.0. The number of aliphatic carboxylic acids is 1. The fourth-order valence-corrected chi connectivity index (χ4v) is 5.04. The lowest BCUT2D eigenvalue weighted by Gasteiger charge is -2.32. The minimum Gasteiger partial charge on any atom is -0.481 e. The van der Waals surface area contributed by atoms with Crippen LogP contribution in [0, 0.1) is 12.3 Å². The van der Waals surface area contributed by atoms with Gasteiger partial charge in [0.15, 0.2) is 0 Å². The Kier molecular flexibility index (Phi) is 12.1. The van der Waals surface area contributed by atoms with E-state index in [4.69, 9.17) is 4.74 Å². The number of amides is 2. The number of hydrogen-bond acceptors (Lipinski definition) is 4. The van der Waals surface area contributed by atoms with Gasteiger partial charge >= 0.3 is 5.97 Å². The standard InChI is InChI=1S/C36H46N2O5/c1-24-12-10-16-30(22-24)29-20-18-27(19-21-29)13-11-17-31(23-32(39)40)43-26(3)34(41)38-33(36(4,5)6)35(42)37-25(2)28-14-8-7-9-15-28/h7-10,12,14-16,18-22,25-26,31,33H,11,13,17,23H2,1-6H3,(H,37,42)(H,38,41)(H,39,40)/t25-,26?,31?,33-/m1/s1. The van der Waals surface area contributed by atoms with Gasteiger partial charge in [0.25, 0.3) is 0 Å². The van der Waals surface area contributed by atoms with Crippen LogP contribution in [0.4, 0.5) is 0 Å². The normalized spacial score (nSPS) is 14.3. The maximum atomic E-state index is 13.2. The van der Waals surface area contributed by atoms with Gasteiger partial charge in [-0.2, -0.15) is 0 Å². The van der Waals surface area contributed by atoms with Crippen LogP contribution >= 0.6 is 0 Å². The molecule has 0 aromatic heterocycles. The molecule has 3 aromatic rings. The second-order valence-electron chi connectivity index (χ2n) is 12.4. The molecule has 0 aliphatic heterocycles. The molecule has 230 valence electrons. The highest BCUT2D eigenvalue weighted by Gasteiger charge is 2.35. The third-order valence-electron chi connectivity index (χ3n) is 7.54. The van der Waals surface area contributed by atoms with Crippen molar-refractivity contribution in [2.45, 2.75) is 91.5 Å². The molecule has 0 spiro atoms. The molecule has 3 N–H and O–H groups in total. The van der Waals surface area contributed by atoms with Crippen molar-refractivity contribution in [1.29, 1.82) is 0 Å². The molecular formula is C36H46N2O5. The summed E-state index contributed by atoms with van der Waals surface area (Å²) in [6.07, 6.45) is 0.191. The predicted molar refractivity (Wildman–Crippen MR) is 171 cm³/mol. The minimum absolute atomic E-state index is 0.207. The summed E-state index contributed by atoms with van der Waals surface area (Å²) < 4.78 is 5.97. The van der Waals surface area contributed by atoms with Gasteiger partial charge in [-0.3, -0.25) is 14.4 Å². The van der Waals surface area contributed by atoms with Crippen LogP contribution in [0.2, 0.25) is 0 Å². The molecule has 2 unspecified atom stereocenters. The van der Waals surface area contributed by atoms with Crippen LogP contribution in [-0.4, -0.2) is 41.1 Å². The summed E-state index contributed by atoms with van der Waals surface area (Å²) in [7, 11) is 0. The topological polar surface area (TPSA) is 105 Å². The summed E-state index contributed by atoms with van der Waals surface area (Å²) >= 11 is 0. The van der Waals surface area contributed by atoms with Crippen LogP contribution in [0.5, 0.6) is 0 Å². The predicted octanol–water partition coefficient (Wildman–Crippen LogP) is 6.64. The summed E-state index contributed by atoms with van der Waals surface area (Å²) in [4.78, 5) is 38.0. The molecule has 0 heterocycles. The van der Waals surface area contributed by atoms with E-state index < -0.39 is 35.5 Å². The van der Waals surface area contributed by atoms with E-state index in [-0.39, 0.29) is 18.4 Å². The lowest BCUT2D eigenvalue weighted by Crippen LogP contribution is -2.56. The van der Waals surface area contributed by atoms with Crippen LogP contribution in [0.3, 0.4) is 0 Å². The van der Waals surface area contributed by atoms with Gasteiger partial charge in [-0.05, 0) is 67.7 Å². The number of hydrogen-bond donors (Lipinski definition) is 3. The Hall–Kier alpha value is -3.97. The smallest absolute Gasteiger partial charge is 0.305 e. The lowest BCUT2D eigenvalue weighted by atomic mass is 9.85. The zero-order valence-corrected chi connectivity index (χ0v) is 26.2. The van der Waals surface area contributed by atoms with E-state index in [1.54, 1.807) is 6.92 Å². The second kappa shape index (κ2) is 15.5. The van der Waals surface area contributed by atoms with Crippen LogP contribution in [0.1, 0.15) is 76.6 Å². The van der Waals surface area contributed by atoms with Crippen molar-refractivity contribution >= 4 is 17.8 Å². The molecule has 7 heteroatoms. The lowest BCUT2D eigenvalue weighted by molar-refractivity contribution is -0.147. The number of benzene rings is 3. The summed E-state index contributed by atoms with van der Waals surface area (Å²) in [5.74, 6) is -1.73. The number of carboxylic acid groups (broad SMARTS) is 1. The molecule has 7 nitrogen and oxygen atoms in total. The number of aryl methyl sites for hydroxylation is 2. The van der Waals surface area contributed by atoms with Gasteiger partial charge in [0.05, 0.1) is 18.6 Å². The molecule has 3 aromatic carbocycles. The maximum Gasteiger partial charge on any atom is 0.305 e. The van der Waals surface area contributed by atoms with Crippen LogP contribution < -0.4 is 10.6 Å². The highest BCUT2D eigenvalue weighted by atomic mass is 16.5. The van der Waals surface area contributed by atoms with Crippen LogP contribution in [0.25, 0.3) is 11.1 Å². The largest absolute Gasteiger partial charge is 0.481 e. The van der Waals surface area contributed by atoms with Crippen molar-refractivity contribution in [2.75, 3.05) is 0 Å². The van der Waals surface area contributed by atoms with Gasteiger partial charge in [0.2, 0.25) is 11.8 Å². The van der Waals surface area contributed by atoms with E-state index in [2.05, 4.69) is 60.0 Å². The number of rotatable bonds is 14. The van der Waals surface area contributed by atoms with E-state index in [1.165, 1.54) is 11.1 Å². The molecular weight excluding hydrogens is 540 g/mol. The first kappa shape index (κ1) is 33.5. The summed E-state index contributed by atoms with van der Waals surface area (Å²) in [5, 5.41) is 15.3. The maximum absolute atomic E-state index is 13.2. The summed E-state index contributed by atoms with van der Waals surface area (Å²) in [6, 6.07) is 25.3. The Bertz CT molecular complexity index is 1350. The molecule has 4 atom stereocenters. The Morgan fingerprint density at radius 2 is 1.51 bits per heavy atom. The Labute approximate surface area is 256 Å². The van der Waals surface area contributed by atoms with Crippen molar-refractivity contribution in [3.05, 3.63) is 95.6 Å². The Morgan fingerprint density at radius 1 is 0.837 bits per heavy atom. The van der Waals surface area contributed by atoms with Gasteiger partial charge in [-0.15, -0.1) is 0 Å². The van der Waals surface area contributed by atoms with Crippen molar-refractivity contribution in [1.82, 2.24) is 10.6 Å². The number of carboxylic acids is 1. The zero-order valence-electron chi connectivity index (χ0n) is 26.2. The molecule has 0 radical (unpaired) electrons. The highest BCUT2D eigenvalue weighted by molar-refractivity contribution is 5.90. The first-order chi connectivity index (χ1) is 20.3. The van der Waals surface area contributed by atoms with Gasteiger partial charge in [0.1, 0.15) is 12.1 Å². The summed E-state index contributed by atoms with van der Waals surface area (Å²) in [5.41, 5.74) is 5.08. The Morgan fingerprint density at radius 3 is 2.12 bits per heavy atom. The average molecular weight is 587 g/mol. The average Bonchev–Trinajstić information content (AvgIpc) is 2.95. The van der Waals surface area contributed by atoms with Crippen molar-refractivity contribution < 1.29 is 24.2 Å². The van der Waals surface area contributed by atoms with Gasteiger partial charge in [0, 0.05) is 0 Å². The number of ether oxygens (including phenoxy) is 1. The molecule has 0 saturated heterocycles. The third kappa shape index (κ3) is 10.7. The molecule has 0 fully saturated rings. The van der Waals surface area contributed by atoms with E-state index in [0.717, 1.165) is 23.1 Å². The second-order valence-corrected chi connectivity index (χ2v) is 12.4. The van der Waals surface area contributed by atoms with Crippen LogP contribution in [-0.2, 0) is 25.5 Å². The van der Waals surface area contributed by atoms with Crippen molar-refractivity contribution in [3.63, 3.8) is 0 Å². The van der Waals surface area contributed by atoms with Crippen LogP contribution in [0.15, 0.2) is 78.9 Å². The van der Waals surface area contributed by atoms with E-state index in [9.17, 15) is 19.5 Å². The molecule has 3 rings (SSSR count). The van der Waals surface area contributed by atoms with E-state index in [0.29, 0.717) is 12.8 Å². The molecule has 2 amide bonds. The van der Waals surface area contributed by atoms with Gasteiger partial charge < -0.3 is 20.5 Å². The molecule has 0 aliphatic rings. The van der Waals surface area contributed by atoms with Gasteiger partial charge in [-0.1, -0.05) is 105 Å². The first-order valence-electron chi connectivity index (χ1n) is 15.0. The molecule has 0 aliphatic carbocycles. The summed E-state index contributed by atoms with van der Waals surface area (Å²) in [6.45, 7) is 11.2. The molecule has 43 heavy (non-hydrogen) atoms. The molecule has 0 bridgehead atoms. The fraction of sp³-hybridized carbons (Fsp3) is 0.417. The molecule has 0 saturated carbocycles. The third-order valence-corrected chi connectivity index (χ3v) is 7.54. The van der Waals surface area contributed by atoms with E-state index in [1.807, 2.05) is 64.1 Å². The number of nitrogens with one attached hydrogen (secondary N) is 2. The number of carbonyl (C=O) groups excluding carboxylic acids is 2. The van der Waals surface area contributed by atoms with Gasteiger partial charge in [-0.25, -0.2) is 0 Å². The highest BCUT2D eigenvalue weighted by Crippen LogP contribution is 2.23. The monoisotopic (exact) mass is 586 g/mol. The minimum atomic E-state index is -0.984. The quantitative estimate of drug-likeness (QED) is 0.196. The fourth-order valence-electron chi connectivity index (χ4n) is 5.04. The number of carbonyl (C=O) groups is 3. The van der Waals surface area contributed by atoms with E-state index >= 15 is 0 Å².